The monoisotopic (exact) mass is 272 g/mol. The summed E-state index contributed by atoms with van der Waals surface area (Å²) >= 11 is 0. The van der Waals surface area contributed by atoms with Crippen LogP contribution in [0.25, 0.3) is 0 Å². The van der Waals surface area contributed by atoms with E-state index in [-0.39, 0.29) is 13.2 Å². The van der Waals surface area contributed by atoms with Crippen molar-refractivity contribution in [1.82, 2.24) is 0 Å². The number of benzene rings is 1. The van der Waals surface area contributed by atoms with Gasteiger partial charge in [-0.05, 0) is 5.56 Å². The van der Waals surface area contributed by atoms with Crippen LogP contribution >= 0.6 is 0 Å². The quantitative estimate of drug-likeness (QED) is 0.400. The van der Waals surface area contributed by atoms with Crippen LogP contribution in [-0.4, -0.2) is 63.2 Å². The van der Waals surface area contributed by atoms with E-state index < -0.39 is 31.0 Å². The van der Waals surface area contributed by atoms with Gasteiger partial charge in [0, 0.05) is 0 Å². The van der Waals surface area contributed by atoms with Crippen LogP contribution in [0.2, 0.25) is 0 Å². The Balaban J connectivity index is 2.32. The van der Waals surface area contributed by atoms with Gasteiger partial charge in [0.15, 0.2) is 0 Å². The molecule has 4 atom stereocenters. The van der Waals surface area contributed by atoms with E-state index in [1.165, 1.54) is 0 Å². The molecule has 0 amide bonds. The molecule has 1 rings (SSSR count). The summed E-state index contributed by atoms with van der Waals surface area (Å²) in [5.74, 6) is 0. The molecule has 0 fully saturated rings. The molecule has 1 aromatic rings. The SMILES string of the molecule is OC[C@@H](O)[C@@H](O)[C@H](O)[C@H](O)COCc1ccccc1. The highest BCUT2D eigenvalue weighted by atomic mass is 16.5. The fourth-order valence-electron chi connectivity index (χ4n) is 1.53. The predicted octanol–water partition coefficient (Wildman–Crippen LogP) is -1.36. The maximum absolute atomic E-state index is 9.58. The van der Waals surface area contributed by atoms with Crippen molar-refractivity contribution >= 4 is 0 Å². The largest absolute Gasteiger partial charge is 0.394 e. The van der Waals surface area contributed by atoms with E-state index in [1.54, 1.807) is 0 Å². The number of aliphatic hydroxyl groups excluding tert-OH is 5. The van der Waals surface area contributed by atoms with Gasteiger partial charge in [-0.3, -0.25) is 0 Å². The Morgan fingerprint density at radius 2 is 1.47 bits per heavy atom. The second-order valence-corrected chi connectivity index (χ2v) is 4.30. The molecule has 6 heteroatoms. The molecule has 0 spiro atoms. The number of hydrogen-bond donors (Lipinski definition) is 5. The third-order valence-electron chi connectivity index (χ3n) is 2.73. The van der Waals surface area contributed by atoms with E-state index in [2.05, 4.69) is 0 Å². The zero-order chi connectivity index (χ0) is 14.3. The van der Waals surface area contributed by atoms with Gasteiger partial charge < -0.3 is 30.3 Å². The normalized spacial score (nSPS) is 17.7. The zero-order valence-electron chi connectivity index (χ0n) is 10.5. The molecule has 6 nitrogen and oxygen atoms in total. The minimum atomic E-state index is -1.62. The summed E-state index contributed by atoms with van der Waals surface area (Å²) in [4.78, 5) is 0. The molecule has 0 saturated carbocycles. The molecule has 1 aromatic carbocycles. The molecule has 0 unspecified atom stereocenters. The van der Waals surface area contributed by atoms with E-state index in [0.29, 0.717) is 0 Å². The molecular formula is C13H20O6. The number of ether oxygens (including phenoxy) is 1. The Bertz CT molecular complexity index is 344. The van der Waals surface area contributed by atoms with Gasteiger partial charge in [0.1, 0.15) is 24.4 Å². The summed E-state index contributed by atoms with van der Waals surface area (Å²) in [5, 5.41) is 46.3. The second-order valence-electron chi connectivity index (χ2n) is 4.30. The van der Waals surface area contributed by atoms with Crippen molar-refractivity contribution < 1.29 is 30.3 Å². The first kappa shape index (κ1) is 16.0. The summed E-state index contributed by atoms with van der Waals surface area (Å²) in [7, 11) is 0. The molecule has 0 aliphatic carbocycles. The fraction of sp³-hybridized carbons (Fsp3) is 0.538. The molecule has 0 saturated heterocycles. The van der Waals surface area contributed by atoms with Crippen LogP contribution in [0.1, 0.15) is 5.56 Å². The highest BCUT2D eigenvalue weighted by molar-refractivity contribution is 5.13. The van der Waals surface area contributed by atoms with Gasteiger partial charge in [0.25, 0.3) is 0 Å². The average Bonchev–Trinajstić information content (AvgIpc) is 2.45. The molecule has 0 radical (unpaired) electrons. The first-order valence-electron chi connectivity index (χ1n) is 6.01. The van der Waals surface area contributed by atoms with Gasteiger partial charge in [0.05, 0.1) is 19.8 Å². The van der Waals surface area contributed by atoms with Crippen molar-refractivity contribution in [3.8, 4) is 0 Å². The van der Waals surface area contributed by atoms with Crippen molar-refractivity contribution in [2.45, 2.75) is 31.0 Å². The van der Waals surface area contributed by atoms with Crippen LogP contribution in [0, 0.1) is 0 Å². The first-order chi connectivity index (χ1) is 9.06. The van der Waals surface area contributed by atoms with Crippen LogP contribution in [0.4, 0.5) is 0 Å². The first-order valence-corrected chi connectivity index (χ1v) is 6.01. The van der Waals surface area contributed by atoms with E-state index in [4.69, 9.17) is 14.9 Å². The molecule has 0 aliphatic heterocycles. The standard InChI is InChI=1S/C13H20O6/c14-6-10(15)12(17)13(18)11(16)8-19-7-9-4-2-1-3-5-9/h1-5,10-18H,6-8H2/t10-,11-,12-,13-/m1/s1. The third-order valence-corrected chi connectivity index (χ3v) is 2.73. The van der Waals surface area contributed by atoms with Crippen LogP contribution < -0.4 is 0 Å². The number of aliphatic hydroxyl groups is 5. The Kier molecular flexibility index (Phi) is 6.93. The van der Waals surface area contributed by atoms with E-state index in [0.717, 1.165) is 5.56 Å². The number of rotatable bonds is 8. The molecular weight excluding hydrogens is 252 g/mol. The summed E-state index contributed by atoms with van der Waals surface area (Å²) in [6.07, 6.45) is -6.06. The van der Waals surface area contributed by atoms with Gasteiger partial charge in [-0.25, -0.2) is 0 Å². The summed E-state index contributed by atoms with van der Waals surface area (Å²) in [6, 6.07) is 9.28. The van der Waals surface area contributed by atoms with Crippen molar-refractivity contribution in [2.24, 2.45) is 0 Å². The maximum atomic E-state index is 9.58. The molecule has 19 heavy (non-hydrogen) atoms. The Labute approximate surface area is 111 Å². The van der Waals surface area contributed by atoms with Crippen LogP contribution in [0.15, 0.2) is 30.3 Å². The van der Waals surface area contributed by atoms with Gasteiger partial charge in [-0.1, -0.05) is 30.3 Å². The smallest absolute Gasteiger partial charge is 0.111 e. The van der Waals surface area contributed by atoms with Gasteiger partial charge in [-0.15, -0.1) is 0 Å². The van der Waals surface area contributed by atoms with Gasteiger partial charge >= 0.3 is 0 Å². The summed E-state index contributed by atoms with van der Waals surface area (Å²) in [6.45, 7) is -0.621. The minimum Gasteiger partial charge on any atom is -0.394 e. The topological polar surface area (TPSA) is 110 Å². The Hall–Kier alpha value is -1.02. The summed E-state index contributed by atoms with van der Waals surface area (Å²) in [5.41, 5.74) is 0.917. The van der Waals surface area contributed by atoms with Crippen molar-refractivity contribution in [1.29, 1.82) is 0 Å². The van der Waals surface area contributed by atoms with E-state index in [1.807, 2.05) is 30.3 Å². The highest BCUT2D eigenvalue weighted by Gasteiger charge is 2.29. The molecule has 0 aromatic heterocycles. The lowest BCUT2D eigenvalue weighted by Gasteiger charge is -2.25. The summed E-state index contributed by atoms with van der Waals surface area (Å²) < 4.78 is 5.20. The average molecular weight is 272 g/mol. The van der Waals surface area contributed by atoms with Crippen LogP contribution in [0.3, 0.4) is 0 Å². The molecule has 0 aliphatic rings. The maximum Gasteiger partial charge on any atom is 0.111 e. The number of hydrogen-bond acceptors (Lipinski definition) is 6. The molecule has 0 bridgehead atoms. The van der Waals surface area contributed by atoms with E-state index >= 15 is 0 Å². The minimum absolute atomic E-state index is 0.189. The van der Waals surface area contributed by atoms with Crippen LogP contribution in [0.5, 0.6) is 0 Å². The van der Waals surface area contributed by atoms with Crippen molar-refractivity contribution in [3.05, 3.63) is 35.9 Å². The highest BCUT2D eigenvalue weighted by Crippen LogP contribution is 2.07. The zero-order valence-corrected chi connectivity index (χ0v) is 10.5. The van der Waals surface area contributed by atoms with Gasteiger partial charge in [-0.2, -0.15) is 0 Å². The molecule has 5 N–H and O–H groups in total. The van der Waals surface area contributed by atoms with E-state index in [9.17, 15) is 15.3 Å². The van der Waals surface area contributed by atoms with Crippen molar-refractivity contribution in [3.63, 3.8) is 0 Å². The van der Waals surface area contributed by atoms with Crippen molar-refractivity contribution in [2.75, 3.05) is 13.2 Å². The lowest BCUT2D eigenvalue weighted by molar-refractivity contribution is -0.130. The predicted molar refractivity (Wildman–Crippen MR) is 67.2 cm³/mol. The van der Waals surface area contributed by atoms with Gasteiger partial charge in [0.2, 0.25) is 0 Å². The Morgan fingerprint density at radius 1 is 0.895 bits per heavy atom. The lowest BCUT2D eigenvalue weighted by atomic mass is 10.0. The van der Waals surface area contributed by atoms with Crippen LogP contribution in [-0.2, 0) is 11.3 Å². The lowest BCUT2D eigenvalue weighted by Crippen LogP contribution is -2.47. The Morgan fingerprint density at radius 3 is 2.05 bits per heavy atom. The fourth-order valence-corrected chi connectivity index (χ4v) is 1.53. The molecule has 0 heterocycles. The second kappa shape index (κ2) is 8.21. The third kappa shape index (κ3) is 5.23. The molecule has 108 valence electrons.